The number of thiophene rings is 1. The Balaban J connectivity index is 1.17. The molecule has 13 nitrogen and oxygen atoms in total. The van der Waals surface area contributed by atoms with Gasteiger partial charge in [0.25, 0.3) is 0 Å². The summed E-state index contributed by atoms with van der Waals surface area (Å²) >= 11 is 16.0. The highest BCUT2D eigenvalue weighted by molar-refractivity contribution is 7.22. The van der Waals surface area contributed by atoms with Crippen LogP contribution in [0.1, 0.15) is 47.5 Å². The molecule has 2 fully saturated rings. The first-order valence-electron chi connectivity index (χ1n) is 21.2. The Morgan fingerprint density at radius 3 is 2.42 bits per heavy atom. The Morgan fingerprint density at radius 2 is 1.73 bits per heavy atom. The van der Waals surface area contributed by atoms with E-state index < -0.39 is 29.4 Å². The Kier molecular flexibility index (Phi) is 12.7. The molecule has 3 aliphatic heterocycles. The molecule has 1 saturated heterocycles. The number of piperazine rings is 1. The van der Waals surface area contributed by atoms with Gasteiger partial charge in [0, 0.05) is 61.3 Å². The highest BCUT2D eigenvalue weighted by Gasteiger charge is 2.41. The molecule has 334 valence electrons. The molecule has 2 atom stereocenters. The maximum Gasteiger partial charge on any atom is 0.345 e. The quantitative estimate of drug-likeness (QED) is 0.143. The van der Waals surface area contributed by atoms with Crippen LogP contribution < -0.4 is 18.9 Å². The molecule has 10 rings (SSSR count). The van der Waals surface area contributed by atoms with Crippen molar-refractivity contribution in [1.29, 1.82) is 0 Å². The molecule has 0 amide bonds. The molecule has 2 N–H and O–H groups in total. The fourth-order valence-electron chi connectivity index (χ4n) is 8.65. The normalized spacial score (nSPS) is 19.0. The average Bonchev–Trinajstić information content (AvgIpc) is 3.66. The molecule has 0 spiro atoms. The molecule has 0 radical (unpaired) electrons. The summed E-state index contributed by atoms with van der Waals surface area (Å²) < 4.78 is 40.5. The molecule has 6 heterocycles. The number of rotatable bonds is 9. The van der Waals surface area contributed by atoms with Crippen molar-refractivity contribution < 1.29 is 38.3 Å². The summed E-state index contributed by atoms with van der Waals surface area (Å²) in [5.41, 5.74) is 3.91. The smallest absolute Gasteiger partial charge is 0.345 e. The van der Waals surface area contributed by atoms with Gasteiger partial charge in [0.05, 0.1) is 33.1 Å². The summed E-state index contributed by atoms with van der Waals surface area (Å²) in [5.74, 6) is 0.137. The van der Waals surface area contributed by atoms with Crippen molar-refractivity contribution in [3.63, 3.8) is 0 Å². The zero-order valence-electron chi connectivity index (χ0n) is 35.6. The molecular formula is C47H47Cl2FN6O7S. The van der Waals surface area contributed by atoms with E-state index in [9.17, 15) is 19.4 Å². The van der Waals surface area contributed by atoms with Crippen molar-refractivity contribution in [1.82, 2.24) is 29.7 Å². The largest absolute Gasteiger partial charge is 0.490 e. The number of fused-ring (bicyclic) bond motifs is 7. The summed E-state index contributed by atoms with van der Waals surface area (Å²) in [4.78, 5) is 37.5. The van der Waals surface area contributed by atoms with Crippen LogP contribution in [0.4, 0.5) is 4.39 Å². The second-order valence-corrected chi connectivity index (χ2v) is 18.5. The topological polar surface area (TPSA) is 152 Å². The number of halogens is 3. The minimum atomic E-state index is -1.47. The van der Waals surface area contributed by atoms with Gasteiger partial charge in [-0.1, -0.05) is 41.8 Å². The third-order valence-corrected chi connectivity index (χ3v) is 14.6. The molecule has 64 heavy (non-hydrogen) atoms. The van der Waals surface area contributed by atoms with Gasteiger partial charge in [-0.3, -0.25) is 4.90 Å². The van der Waals surface area contributed by atoms with E-state index in [1.807, 2.05) is 13.8 Å². The first-order valence-corrected chi connectivity index (χ1v) is 22.8. The monoisotopic (exact) mass is 928 g/mol. The lowest BCUT2D eigenvalue weighted by Gasteiger charge is -2.38. The lowest BCUT2D eigenvalue weighted by Crippen LogP contribution is -2.49. The number of hydrogen-bond donors (Lipinski definition) is 2. The number of aromatic nitrogens is 4. The molecule has 3 aromatic heterocycles. The van der Waals surface area contributed by atoms with E-state index in [4.69, 9.17) is 47.1 Å². The standard InChI is InChI=1S/C47H47Cl2FN6O7S/c1-26-36-27(2)40(49)41(39(26)48)62-33(21-56-17-15-55(3)16-18-56)23-60-32-9-10-34(61-22-31-11-14-51-46(54-31)47(24-57)12-4-13-47)29(19-32)20-35(45(58)59)63-43-38-37(36)42(64-44(38)53-25-52-43)28-5-7-30(50)8-6-28/h5-11,14,19,25,33,35,57H,4,12-13,15-18,20-24H2,1-3H3,(H,58,59)/t33?,35-/m1/s1. The van der Waals surface area contributed by atoms with Crippen LogP contribution in [0.15, 0.2) is 61.1 Å². The van der Waals surface area contributed by atoms with Crippen molar-refractivity contribution >= 4 is 50.7 Å². The summed E-state index contributed by atoms with van der Waals surface area (Å²) in [6.07, 6.45) is 3.46. The van der Waals surface area contributed by atoms with Crippen molar-refractivity contribution in [2.45, 2.75) is 63.8 Å². The van der Waals surface area contributed by atoms with E-state index in [2.05, 4.69) is 31.8 Å². The molecule has 6 aromatic rings. The molecule has 4 bridgehead atoms. The number of nitrogens with zero attached hydrogens (tertiary/aromatic N) is 6. The number of likely N-dealkylation sites (N-methyl/N-ethyl adjacent to an activating group) is 1. The van der Waals surface area contributed by atoms with E-state index in [0.29, 0.717) is 93.8 Å². The van der Waals surface area contributed by atoms with Crippen LogP contribution in [0.5, 0.6) is 23.1 Å². The van der Waals surface area contributed by atoms with Crippen molar-refractivity contribution in [2.75, 3.05) is 53.0 Å². The molecule has 1 unspecified atom stereocenters. The number of hydrogen-bond acceptors (Lipinski definition) is 13. The Morgan fingerprint density at radius 1 is 0.984 bits per heavy atom. The predicted octanol–water partition coefficient (Wildman–Crippen LogP) is 8.33. The number of carbonyl (C=O) groups is 1. The van der Waals surface area contributed by atoms with Crippen LogP contribution in [0, 0.1) is 19.7 Å². The van der Waals surface area contributed by atoms with Crippen LogP contribution in [-0.2, 0) is 23.2 Å². The zero-order valence-corrected chi connectivity index (χ0v) is 37.9. The molecule has 3 aromatic carbocycles. The summed E-state index contributed by atoms with van der Waals surface area (Å²) in [6, 6.07) is 13.1. The number of carboxylic acids is 1. The highest BCUT2D eigenvalue weighted by Crippen LogP contribution is 2.53. The molecule has 4 aliphatic rings. The van der Waals surface area contributed by atoms with Crippen molar-refractivity contribution in [3.05, 3.63) is 105 Å². The second kappa shape index (κ2) is 18.4. The third-order valence-electron chi connectivity index (χ3n) is 12.5. The number of benzene rings is 3. The minimum Gasteiger partial charge on any atom is -0.490 e. The number of ether oxygens (including phenoxy) is 4. The van der Waals surface area contributed by atoms with E-state index in [-0.39, 0.29) is 32.1 Å². The summed E-state index contributed by atoms with van der Waals surface area (Å²) in [6.45, 7) is 7.86. The van der Waals surface area contributed by atoms with Gasteiger partial charge in [0.1, 0.15) is 53.6 Å². The van der Waals surface area contributed by atoms with Crippen LogP contribution in [0.3, 0.4) is 0 Å². The minimum absolute atomic E-state index is 0.0251. The fraction of sp³-hybridized carbons (Fsp3) is 0.383. The van der Waals surface area contributed by atoms with Gasteiger partial charge in [0.15, 0.2) is 5.75 Å². The average molecular weight is 930 g/mol. The predicted molar refractivity (Wildman–Crippen MR) is 243 cm³/mol. The van der Waals surface area contributed by atoms with Crippen LogP contribution in [0.2, 0.25) is 10.0 Å². The maximum atomic E-state index is 14.3. The highest BCUT2D eigenvalue weighted by atomic mass is 35.5. The number of aliphatic carboxylic acids is 1. The van der Waals surface area contributed by atoms with Crippen LogP contribution >= 0.6 is 34.5 Å². The van der Waals surface area contributed by atoms with Gasteiger partial charge >= 0.3 is 5.97 Å². The molecular weight excluding hydrogens is 883 g/mol. The lowest BCUT2D eigenvalue weighted by atomic mass is 9.69. The van der Waals surface area contributed by atoms with E-state index in [0.717, 1.165) is 45.4 Å². The first-order chi connectivity index (χ1) is 30.9. The summed E-state index contributed by atoms with van der Waals surface area (Å²) in [7, 11) is 2.10. The van der Waals surface area contributed by atoms with Gasteiger partial charge in [-0.2, -0.15) is 0 Å². The van der Waals surface area contributed by atoms with E-state index in [1.165, 1.54) is 29.8 Å². The molecule has 17 heteroatoms. The van der Waals surface area contributed by atoms with Gasteiger partial charge in [-0.05, 0) is 92.4 Å². The van der Waals surface area contributed by atoms with Crippen molar-refractivity contribution in [3.8, 4) is 44.7 Å². The van der Waals surface area contributed by atoms with Gasteiger partial charge < -0.3 is 34.1 Å². The zero-order chi connectivity index (χ0) is 44.7. The van der Waals surface area contributed by atoms with Crippen LogP contribution in [-0.4, -0.2) is 111 Å². The lowest BCUT2D eigenvalue weighted by molar-refractivity contribution is -0.145. The van der Waals surface area contributed by atoms with E-state index >= 15 is 0 Å². The Hall–Kier alpha value is -5.16. The van der Waals surface area contributed by atoms with Gasteiger partial charge in [0.2, 0.25) is 12.0 Å². The van der Waals surface area contributed by atoms with Gasteiger partial charge in [-0.15, -0.1) is 11.3 Å². The van der Waals surface area contributed by atoms with Crippen LogP contribution in [0.25, 0.3) is 31.8 Å². The SMILES string of the molecule is Cc1c(Cl)c2c(Cl)c(C)c1-c1c(-c3ccc(F)cc3)sc3ncnc(c13)O[C@@H](C(=O)O)Cc1cc(ccc1OCc1ccnc(C3(CO)CCC3)n1)OCC(CN1CCN(C)CC1)O2. The molecule has 1 aliphatic carbocycles. The Bertz CT molecular complexity index is 2680. The van der Waals surface area contributed by atoms with E-state index in [1.54, 1.807) is 42.6 Å². The van der Waals surface area contributed by atoms with Crippen molar-refractivity contribution in [2.24, 2.45) is 0 Å². The fourth-order valence-corrected chi connectivity index (χ4v) is 10.3. The molecule has 1 saturated carbocycles. The first kappa shape index (κ1) is 44.1. The summed E-state index contributed by atoms with van der Waals surface area (Å²) in [5, 5.41) is 22.1. The Labute approximate surface area is 383 Å². The third kappa shape index (κ3) is 8.69. The number of aliphatic hydroxyl groups is 1. The number of aliphatic hydroxyl groups excluding tert-OH is 1. The number of carboxylic acid groups (broad SMARTS) is 1. The second-order valence-electron chi connectivity index (χ2n) is 16.8. The van der Waals surface area contributed by atoms with Gasteiger partial charge in [-0.25, -0.2) is 29.1 Å². The maximum absolute atomic E-state index is 14.3.